The number of piperazine rings is 1. The Morgan fingerprint density at radius 2 is 2.11 bits per heavy atom. The normalized spacial score (nSPS) is 27.6. The second kappa shape index (κ2) is 4.68. The Hall–Kier alpha value is -1.85. The van der Waals surface area contributed by atoms with Crippen molar-refractivity contribution in [1.82, 2.24) is 15.1 Å². The predicted molar refractivity (Wildman–Crippen MR) is 71.6 cm³/mol. The molecule has 2 heterocycles. The zero-order chi connectivity index (χ0) is 14.2. The van der Waals surface area contributed by atoms with E-state index in [2.05, 4.69) is 10.4 Å². The summed E-state index contributed by atoms with van der Waals surface area (Å²) < 4.78 is 1.63. The Bertz CT molecular complexity index is 510. The summed E-state index contributed by atoms with van der Waals surface area (Å²) in [6.45, 7) is 5.56. The van der Waals surface area contributed by atoms with E-state index in [1.807, 2.05) is 13.8 Å². The van der Waals surface area contributed by atoms with E-state index in [4.69, 9.17) is 0 Å². The lowest BCUT2D eigenvalue weighted by Gasteiger charge is -2.43. The Kier molecular flexibility index (Phi) is 3.34. The summed E-state index contributed by atoms with van der Waals surface area (Å²) >= 11 is 0. The highest BCUT2D eigenvalue weighted by Gasteiger charge is 2.47. The van der Waals surface area contributed by atoms with Crippen molar-refractivity contribution in [3.05, 3.63) is 12.4 Å². The summed E-state index contributed by atoms with van der Waals surface area (Å²) in [6.07, 6.45) is 4.52. The first-order chi connectivity index (χ1) is 8.92. The summed E-state index contributed by atoms with van der Waals surface area (Å²) in [5.74, 6) is -0.176. The van der Waals surface area contributed by atoms with Crippen LogP contribution in [0, 0.1) is 0 Å². The van der Waals surface area contributed by atoms with E-state index in [1.54, 1.807) is 35.9 Å². The maximum atomic E-state index is 12.7. The number of hydrogen-bond donors (Lipinski definition) is 1. The first kappa shape index (κ1) is 13.6. The topological polar surface area (TPSA) is 67.2 Å². The van der Waals surface area contributed by atoms with Crippen LogP contribution in [0.3, 0.4) is 0 Å². The highest BCUT2D eigenvalue weighted by atomic mass is 16.2. The van der Waals surface area contributed by atoms with Gasteiger partial charge < -0.3 is 5.32 Å². The smallest absolute Gasteiger partial charge is 0.253 e. The van der Waals surface area contributed by atoms with E-state index < -0.39 is 11.6 Å². The zero-order valence-electron chi connectivity index (χ0n) is 11.8. The number of rotatable bonds is 3. The van der Waals surface area contributed by atoms with Gasteiger partial charge in [-0.1, -0.05) is 13.8 Å². The molecule has 0 radical (unpaired) electrons. The van der Waals surface area contributed by atoms with Crippen LogP contribution in [0.1, 0.15) is 33.6 Å². The minimum Gasteiger partial charge on any atom is -0.340 e. The molecule has 6 heteroatoms. The average molecular weight is 264 g/mol. The average Bonchev–Trinajstić information content (AvgIpc) is 2.79. The second-order valence-corrected chi connectivity index (χ2v) is 5.15. The van der Waals surface area contributed by atoms with Gasteiger partial charge in [0.05, 0.1) is 11.9 Å². The lowest BCUT2D eigenvalue weighted by Crippen LogP contribution is -2.69. The number of amides is 2. The number of carbonyl (C=O) groups is 2. The van der Waals surface area contributed by atoms with Crippen LogP contribution in [-0.2, 0) is 16.6 Å². The fraction of sp³-hybridized carbons (Fsp3) is 0.615. The second-order valence-electron chi connectivity index (χ2n) is 5.15. The highest BCUT2D eigenvalue weighted by Crippen LogP contribution is 2.28. The highest BCUT2D eigenvalue weighted by molar-refractivity contribution is 6.10. The lowest BCUT2D eigenvalue weighted by atomic mass is 9.91. The number of aromatic nitrogens is 2. The molecule has 1 saturated heterocycles. The Balaban J connectivity index is 2.45. The van der Waals surface area contributed by atoms with Gasteiger partial charge in [-0.2, -0.15) is 5.10 Å². The van der Waals surface area contributed by atoms with Crippen molar-refractivity contribution in [2.45, 2.75) is 45.2 Å². The first-order valence-electron chi connectivity index (χ1n) is 6.57. The van der Waals surface area contributed by atoms with E-state index in [0.29, 0.717) is 18.5 Å². The van der Waals surface area contributed by atoms with Gasteiger partial charge in [-0.3, -0.25) is 19.2 Å². The van der Waals surface area contributed by atoms with Crippen LogP contribution in [0.15, 0.2) is 12.4 Å². The third-order valence-corrected chi connectivity index (χ3v) is 3.77. The van der Waals surface area contributed by atoms with Gasteiger partial charge in [0, 0.05) is 13.2 Å². The van der Waals surface area contributed by atoms with Crippen LogP contribution in [0.5, 0.6) is 0 Å². The van der Waals surface area contributed by atoms with Crippen molar-refractivity contribution in [2.75, 3.05) is 4.90 Å². The molecule has 0 aromatic carbocycles. The molecule has 19 heavy (non-hydrogen) atoms. The molecule has 1 aromatic heterocycles. The fourth-order valence-electron chi connectivity index (χ4n) is 2.37. The van der Waals surface area contributed by atoms with Crippen LogP contribution in [-0.4, -0.2) is 33.2 Å². The molecule has 2 unspecified atom stereocenters. The lowest BCUT2D eigenvalue weighted by molar-refractivity contribution is -0.138. The Labute approximate surface area is 112 Å². The molecule has 6 nitrogen and oxygen atoms in total. The largest absolute Gasteiger partial charge is 0.340 e. The van der Waals surface area contributed by atoms with Crippen LogP contribution < -0.4 is 10.2 Å². The molecule has 1 aromatic rings. The molecule has 2 amide bonds. The number of hydrogen-bond acceptors (Lipinski definition) is 3. The molecule has 0 spiro atoms. The van der Waals surface area contributed by atoms with Crippen LogP contribution >= 0.6 is 0 Å². The molecule has 0 bridgehead atoms. The predicted octanol–water partition coefficient (Wildman–Crippen LogP) is 0.830. The van der Waals surface area contributed by atoms with Crippen molar-refractivity contribution in [3.8, 4) is 0 Å². The molecular weight excluding hydrogens is 244 g/mol. The molecular formula is C13H20N4O2. The third-order valence-electron chi connectivity index (χ3n) is 3.77. The van der Waals surface area contributed by atoms with Crippen molar-refractivity contribution in [2.24, 2.45) is 7.05 Å². The number of nitrogens with zero attached hydrogens (tertiary/aromatic N) is 3. The maximum Gasteiger partial charge on any atom is 0.253 e. The number of anilines is 1. The van der Waals surface area contributed by atoms with Crippen LogP contribution in [0.4, 0.5) is 5.69 Å². The van der Waals surface area contributed by atoms with Gasteiger partial charge in [0.15, 0.2) is 0 Å². The summed E-state index contributed by atoms with van der Waals surface area (Å²) in [7, 11) is 1.79. The van der Waals surface area contributed by atoms with Crippen molar-refractivity contribution in [3.63, 3.8) is 0 Å². The van der Waals surface area contributed by atoms with Gasteiger partial charge >= 0.3 is 0 Å². The summed E-state index contributed by atoms with van der Waals surface area (Å²) in [5, 5.41) is 6.93. The molecule has 104 valence electrons. The quantitative estimate of drug-likeness (QED) is 0.879. The molecule has 0 aliphatic carbocycles. The first-order valence-corrected chi connectivity index (χ1v) is 6.57. The van der Waals surface area contributed by atoms with Crippen LogP contribution in [0.2, 0.25) is 0 Å². The number of nitrogens with one attached hydrogen (secondary N) is 1. The molecule has 0 saturated carbocycles. The van der Waals surface area contributed by atoms with Gasteiger partial charge in [-0.15, -0.1) is 0 Å². The van der Waals surface area contributed by atoms with E-state index in [0.717, 1.165) is 0 Å². The van der Waals surface area contributed by atoms with E-state index in [1.165, 1.54) is 0 Å². The van der Waals surface area contributed by atoms with Crippen molar-refractivity contribution >= 4 is 17.5 Å². The molecule has 1 N–H and O–H groups in total. The summed E-state index contributed by atoms with van der Waals surface area (Å²) in [4.78, 5) is 26.5. The van der Waals surface area contributed by atoms with Crippen LogP contribution in [0.25, 0.3) is 0 Å². The van der Waals surface area contributed by atoms with Gasteiger partial charge in [0.2, 0.25) is 5.91 Å². The zero-order valence-corrected chi connectivity index (χ0v) is 11.8. The van der Waals surface area contributed by atoms with E-state index in [-0.39, 0.29) is 11.8 Å². The van der Waals surface area contributed by atoms with Gasteiger partial charge in [0.25, 0.3) is 5.91 Å². The minimum atomic E-state index is -0.835. The summed E-state index contributed by atoms with van der Waals surface area (Å²) in [5.41, 5.74) is -0.160. The number of carbonyl (C=O) groups excluding carboxylic acids is 2. The Morgan fingerprint density at radius 3 is 2.58 bits per heavy atom. The molecule has 1 aliphatic rings. The fourth-order valence-corrected chi connectivity index (χ4v) is 2.37. The van der Waals surface area contributed by atoms with E-state index >= 15 is 0 Å². The van der Waals surface area contributed by atoms with Crippen molar-refractivity contribution in [1.29, 1.82) is 0 Å². The SMILES string of the molecule is CCC1C(=O)NC(C)(CC)C(=O)N1c1cnn(C)c1. The third kappa shape index (κ3) is 2.11. The number of aryl methyl sites for hydroxylation is 1. The summed E-state index contributed by atoms with van der Waals surface area (Å²) in [6, 6.07) is -0.462. The monoisotopic (exact) mass is 264 g/mol. The molecule has 1 aliphatic heterocycles. The van der Waals surface area contributed by atoms with Gasteiger partial charge in [-0.25, -0.2) is 0 Å². The molecule has 2 atom stereocenters. The molecule has 2 rings (SSSR count). The maximum absolute atomic E-state index is 12.7. The minimum absolute atomic E-state index is 0.0746. The van der Waals surface area contributed by atoms with Gasteiger partial charge in [-0.05, 0) is 19.8 Å². The Morgan fingerprint density at radius 1 is 1.42 bits per heavy atom. The van der Waals surface area contributed by atoms with Gasteiger partial charge in [0.1, 0.15) is 11.6 Å². The standard InChI is InChI=1S/C13H20N4O2/c1-5-10-11(18)15-13(3,6-2)12(19)17(10)9-7-14-16(4)8-9/h7-8,10H,5-6H2,1-4H3,(H,15,18). The van der Waals surface area contributed by atoms with E-state index in [9.17, 15) is 9.59 Å². The molecule has 1 fully saturated rings. The van der Waals surface area contributed by atoms with Crippen molar-refractivity contribution < 1.29 is 9.59 Å².